The number of H-pyrrole nitrogens is 1. The van der Waals surface area contributed by atoms with Crippen molar-refractivity contribution in [1.29, 1.82) is 0 Å². The summed E-state index contributed by atoms with van der Waals surface area (Å²) in [5, 5.41) is 12.0. The van der Waals surface area contributed by atoms with E-state index in [9.17, 15) is 19.5 Å². The molecule has 7 nitrogen and oxygen atoms in total. The summed E-state index contributed by atoms with van der Waals surface area (Å²) in [6.45, 7) is -0.491. The van der Waals surface area contributed by atoms with E-state index in [1.54, 1.807) is 24.3 Å². The molecule has 110 valence electrons. The summed E-state index contributed by atoms with van der Waals surface area (Å²) in [6.07, 6.45) is 1.25. The Kier molecular flexibility index (Phi) is 4.68. The summed E-state index contributed by atoms with van der Waals surface area (Å²) in [4.78, 5) is 36.4. The molecule has 3 N–H and O–H groups in total. The quantitative estimate of drug-likeness (QED) is 0.682. The molecule has 0 fully saturated rings. The van der Waals surface area contributed by atoms with Gasteiger partial charge in [0.2, 0.25) is 5.91 Å². The van der Waals surface area contributed by atoms with Gasteiger partial charge in [-0.3, -0.25) is 19.1 Å². The van der Waals surface area contributed by atoms with E-state index in [1.165, 1.54) is 6.20 Å². The van der Waals surface area contributed by atoms with Crippen molar-refractivity contribution in [2.24, 2.45) is 0 Å². The van der Waals surface area contributed by atoms with E-state index in [1.807, 2.05) is 6.07 Å². The predicted octanol–water partition coefficient (Wildman–Crippen LogP) is -0.614. The molecular formula is C14H15N3O4. The fourth-order valence-electron chi connectivity index (χ4n) is 1.88. The maximum Gasteiger partial charge on any atom is 0.328 e. The first-order valence-electron chi connectivity index (χ1n) is 6.35. The molecule has 7 heteroatoms. The Bertz CT molecular complexity index is 721. The molecular weight excluding hydrogens is 274 g/mol. The highest BCUT2D eigenvalue weighted by Crippen LogP contribution is 2.11. The van der Waals surface area contributed by atoms with Crippen LogP contribution < -0.4 is 16.6 Å². The lowest BCUT2D eigenvalue weighted by Gasteiger charge is -2.17. The average molecular weight is 289 g/mol. The van der Waals surface area contributed by atoms with Crippen molar-refractivity contribution in [3.63, 3.8) is 0 Å². The largest absolute Gasteiger partial charge is 0.394 e. The van der Waals surface area contributed by atoms with Crippen molar-refractivity contribution in [3.8, 4) is 0 Å². The summed E-state index contributed by atoms with van der Waals surface area (Å²) in [5.74, 6) is -0.438. The van der Waals surface area contributed by atoms with E-state index in [-0.39, 0.29) is 13.2 Å². The Morgan fingerprint density at radius 3 is 2.57 bits per heavy atom. The Hall–Kier alpha value is -2.67. The second-order valence-electron chi connectivity index (χ2n) is 4.45. The summed E-state index contributed by atoms with van der Waals surface area (Å²) < 4.78 is 1.08. The van der Waals surface area contributed by atoms with Gasteiger partial charge in [0.05, 0.1) is 12.6 Å². The van der Waals surface area contributed by atoms with Crippen LogP contribution in [0.25, 0.3) is 0 Å². The summed E-state index contributed by atoms with van der Waals surface area (Å²) in [6, 6.07) is 9.63. The number of benzene rings is 1. The number of rotatable bonds is 5. The molecule has 2 rings (SSSR count). The van der Waals surface area contributed by atoms with Gasteiger partial charge >= 0.3 is 5.69 Å². The van der Waals surface area contributed by atoms with Crippen molar-refractivity contribution in [2.75, 3.05) is 6.61 Å². The van der Waals surface area contributed by atoms with Crippen LogP contribution >= 0.6 is 0 Å². The molecule has 2 aromatic rings. The van der Waals surface area contributed by atoms with Gasteiger partial charge in [-0.25, -0.2) is 4.79 Å². The normalized spacial score (nSPS) is 11.9. The smallest absolute Gasteiger partial charge is 0.328 e. The molecule has 0 saturated heterocycles. The van der Waals surface area contributed by atoms with E-state index >= 15 is 0 Å². The van der Waals surface area contributed by atoms with Crippen molar-refractivity contribution in [1.82, 2.24) is 14.9 Å². The number of hydrogen-bond donors (Lipinski definition) is 3. The molecule has 1 heterocycles. The Labute approximate surface area is 119 Å². The standard InChI is InChI=1S/C14H15N3O4/c18-9-11(10-4-2-1-3-5-10)15-13(20)8-17-7-6-12(19)16-14(17)21/h1-7,11,18H,8-9H2,(H,15,20)(H,16,19,21)/t11-/m0/s1. The second kappa shape index (κ2) is 6.67. The van der Waals surface area contributed by atoms with E-state index in [4.69, 9.17) is 0 Å². The van der Waals surface area contributed by atoms with Crippen LogP contribution in [-0.4, -0.2) is 27.2 Å². The van der Waals surface area contributed by atoms with E-state index in [2.05, 4.69) is 10.3 Å². The zero-order chi connectivity index (χ0) is 15.2. The van der Waals surface area contributed by atoms with Gasteiger partial charge < -0.3 is 10.4 Å². The summed E-state index contributed by atoms with van der Waals surface area (Å²) in [5.41, 5.74) is -0.408. The average Bonchev–Trinajstić information content (AvgIpc) is 2.48. The van der Waals surface area contributed by atoms with E-state index in [0.29, 0.717) is 0 Å². The predicted molar refractivity (Wildman–Crippen MR) is 75.7 cm³/mol. The number of carbonyl (C=O) groups excluding carboxylic acids is 1. The van der Waals surface area contributed by atoms with Gasteiger partial charge in [-0.1, -0.05) is 30.3 Å². The molecule has 1 aromatic carbocycles. The van der Waals surface area contributed by atoms with Crippen LogP contribution in [0.3, 0.4) is 0 Å². The van der Waals surface area contributed by atoms with Crippen molar-refractivity contribution in [3.05, 3.63) is 69.0 Å². The number of aromatic amines is 1. The van der Waals surface area contributed by atoms with Gasteiger partial charge in [-0.2, -0.15) is 0 Å². The van der Waals surface area contributed by atoms with Crippen molar-refractivity contribution >= 4 is 5.91 Å². The highest BCUT2D eigenvalue weighted by atomic mass is 16.3. The third-order valence-electron chi connectivity index (χ3n) is 2.93. The zero-order valence-corrected chi connectivity index (χ0v) is 11.2. The molecule has 21 heavy (non-hydrogen) atoms. The highest BCUT2D eigenvalue weighted by Gasteiger charge is 2.13. The minimum absolute atomic E-state index is 0.237. The van der Waals surface area contributed by atoms with Gasteiger partial charge in [0.25, 0.3) is 5.56 Å². The Morgan fingerprint density at radius 1 is 1.24 bits per heavy atom. The summed E-state index contributed by atoms with van der Waals surface area (Å²) in [7, 11) is 0. The van der Waals surface area contributed by atoms with Crippen LogP contribution in [0, 0.1) is 0 Å². The molecule has 0 saturated carbocycles. The van der Waals surface area contributed by atoms with Crippen LogP contribution in [0.5, 0.6) is 0 Å². The number of aromatic nitrogens is 2. The maximum atomic E-state index is 11.9. The highest BCUT2D eigenvalue weighted by molar-refractivity contribution is 5.76. The first-order valence-corrected chi connectivity index (χ1v) is 6.35. The molecule has 1 atom stereocenters. The van der Waals surface area contributed by atoms with E-state index in [0.717, 1.165) is 16.2 Å². The molecule has 0 radical (unpaired) electrons. The Morgan fingerprint density at radius 2 is 1.95 bits per heavy atom. The maximum absolute atomic E-state index is 11.9. The minimum Gasteiger partial charge on any atom is -0.394 e. The molecule has 0 aliphatic heterocycles. The summed E-state index contributed by atoms with van der Waals surface area (Å²) >= 11 is 0. The third-order valence-corrected chi connectivity index (χ3v) is 2.93. The number of aliphatic hydroxyl groups excluding tert-OH is 1. The molecule has 0 bridgehead atoms. The second-order valence-corrected chi connectivity index (χ2v) is 4.45. The fraction of sp³-hybridized carbons (Fsp3) is 0.214. The first kappa shape index (κ1) is 14.7. The van der Waals surface area contributed by atoms with Crippen LogP contribution in [0.1, 0.15) is 11.6 Å². The lowest BCUT2D eigenvalue weighted by atomic mass is 10.1. The van der Waals surface area contributed by atoms with Gasteiger partial charge in [-0.15, -0.1) is 0 Å². The first-order chi connectivity index (χ1) is 10.1. The number of nitrogens with zero attached hydrogens (tertiary/aromatic N) is 1. The van der Waals surface area contributed by atoms with Gasteiger partial charge in [-0.05, 0) is 5.56 Å². The molecule has 1 amide bonds. The monoisotopic (exact) mass is 289 g/mol. The van der Waals surface area contributed by atoms with Crippen LogP contribution in [0.4, 0.5) is 0 Å². The number of aliphatic hydroxyl groups is 1. The number of carbonyl (C=O) groups is 1. The fourth-order valence-corrected chi connectivity index (χ4v) is 1.88. The van der Waals surface area contributed by atoms with Gasteiger partial charge in [0, 0.05) is 12.3 Å². The van der Waals surface area contributed by atoms with Crippen LogP contribution in [0.2, 0.25) is 0 Å². The lowest BCUT2D eigenvalue weighted by molar-refractivity contribution is -0.122. The molecule has 1 aromatic heterocycles. The minimum atomic E-state index is -0.655. The Balaban J connectivity index is 2.07. The molecule has 0 unspecified atom stereocenters. The van der Waals surface area contributed by atoms with Gasteiger partial charge in [0.1, 0.15) is 6.54 Å². The number of hydrogen-bond acceptors (Lipinski definition) is 4. The van der Waals surface area contributed by atoms with E-state index < -0.39 is 23.2 Å². The van der Waals surface area contributed by atoms with Crippen LogP contribution in [-0.2, 0) is 11.3 Å². The molecule has 0 spiro atoms. The van der Waals surface area contributed by atoms with Gasteiger partial charge in [0.15, 0.2) is 0 Å². The van der Waals surface area contributed by atoms with Crippen molar-refractivity contribution < 1.29 is 9.90 Å². The third kappa shape index (κ3) is 3.90. The number of nitrogens with one attached hydrogen (secondary N) is 2. The SMILES string of the molecule is O=C(Cn1ccc(=O)[nH]c1=O)N[C@@H](CO)c1ccccc1. The molecule has 0 aliphatic rings. The lowest BCUT2D eigenvalue weighted by Crippen LogP contribution is -2.37. The zero-order valence-electron chi connectivity index (χ0n) is 11.2. The van der Waals surface area contributed by atoms with Crippen LogP contribution in [0.15, 0.2) is 52.2 Å². The van der Waals surface area contributed by atoms with Crippen molar-refractivity contribution in [2.45, 2.75) is 12.6 Å². The molecule has 0 aliphatic carbocycles. The number of amides is 1. The topological polar surface area (TPSA) is 104 Å².